The topological polar surface area (TPSA) is 102 Å². The van der Waals surface area contributed by atoms with Crippen LogP contribution >= 0.6 is 23.4 Å². The van der Waals surface area contributed by atoms with Crippen molar-refractivity contribution in [3.05, 3.63) is 83.4 Å². The summed E-state index contributed by atoms with van der Waals surface area (Å²) in [5, 5.41) is 23.6. The highest BCUT2D eigenvalue weighted by Gasteiger charge is 2.17. The number of nitrogens with zero attached hydrogens (tertiary/aromatic N) is 4. The quantitative estimate of drug-likeness (QED) is 0.189. The van der Waals surface area contributed by atoms with Gasteiger partial charge in [0.05, 0.1) is 18.6 Å². The molecule has 10 heteroatoms. The van der Waals surface area contributed by atoms with Gasteiger partial charge in [-0.15, -0.1) is 10.2 Å². The van der Waals surface area contributed by atoms with Crippen LogP contribution in [0.2, 0.25) is 5.02 Å². The molecule has 4 aromatic rings. The lowest BCUT2D eigenvalue weighted by atomic mass is 10.2. The van der Waals surface area contributed by atoms with Crippen LogP contribution in [0.25, 0.3) is 17.1 Å². The van der Waals surface area contributed by atoms with Gasteiger partial charge in [-0.3, -0.25) is 9.36 Å². The van der Waals surface area contributed by atoms with Gasteiger partial charge in [0.15, 0.2) is 11.0 Å². The first kappa shape index (κ1) is 24.3. The van der Waals surface area contributed by atoms with E-state index in [1.165, 1.54) is 18.0 Å². The van der Waals surface area contributed by atoms with Gasteiger partial charge in [0.2, 0.25) is 0 Å². The van der Waals surface area contributed by atoms with Crippen molar-refractivity contribution >= 4 is 35.5 Å². The highest BCUT2D eigenvalue weighted by atomic mass is 35.5. The lowest BCUT2D eigenvalue weighted by Crippen LogP contribution is -2.20. The summed E-state index contributed by atoms with van der Waals surface area (Å²) in [4.78, 5) is 12.4. The Kier molecular flexibility index (Phi) is 8.02. The van der Waals surface area contributed by atoms with Crippen LogP contribution in [0.1, 0.15) is 12.5 Å². The minimum atomic E-state index is -0.323. The first-order chi connectivity index (χ1) is 17.0. The van der Waals surface area contributed by atoms with Crippen molar-refractivity contribution in [2.45, 2.75) is 12.1 Å². The zero-order valence-electron chi connectivity index (χ0n) is 18.8. The second-order valence-corrected chi connectivity index (χ2v) is 8.60. The van der Waals surface area contributed by atoms with Gasteiger partial charge in [0.1, 0.15) is 11.5 Å². The zero-order valence-corrected chi connectivity index (χ0v) is 20.3. The van der Waals surface area contributed by atoms with Gasteiger partial charge in [-0.1, -0.05) is 35.5 Å². The molecule has 0 radical (unpaired) electrons. The van der Waals surface area contributed by atoms with E-state index in [1.54, 1.807) is 36.4 Å². The average molecular weight is 508 g/mol. The lowest BCUT2D eigenvalue weighted by molar-refractivity contribution is -0.118. The van der Waals surface area contributed by atoms with Crippen molar-refractivity contribution in [1.82, 2.24) is 20.2 Å². The van der Waals surface area contributed by atoms with E-state index < -0.39 is 0 Å². The van der Waals surface area contributed by atoms with Gasteiger partial charge < -0.3 is 9.84 Å². The lowest BCUT2D eigenvalue weighted by Gasteiger charge is -2.11. The largest absolute Gasteiger partial charge is 0.507 e. The molecule has 0 aliphatic heterocycles. The number of hydrogen-bond donors (Lipinski definition) is 2. The van der Waals surface area contributed by atoms with Gasteiger partial charge in [-0.2, -0.15) is 5.10 Å². The molecule has 8 nitrogen and oxygen atoms in total. The number of phenols is 1. The molecule has 0 saturated heterocycles. The molecule has 0 aliphatic carbocycles. The average Bonchev–Trinajstić information content (AvgIpc) is 3.29. The third-order valence-electron chi connectivity index (χ3n) is 4.80. The number of thioether (sulfide) groups is 1. The number of amides is 1. The fourth-order valence-electron chi connectivity index (χ4n) is 3.17. The Morgan fingerprint density at radius 3 is 2.57 bits per heavy atom. The predicted molar refractivity (Wildman–Crippen MR) is 138 cm³/mol. The highest BCUT2D eigenvalue weighted by Crippen LogP contribution is 2.29. The number of hydrogen-bond acceptors (Lipinski definition) is 7. The molecular formula is C25H22ClN5O3S. The number of carbonyl (C=O) groups is 1. The maximum atomic E-state index is 12.4. The van der Waals surface area contributed by atoms with Crippen LogP contribution in [-0.4, -0.2) is 44.4 Å². The summed E-state index contributed by atoms with van der Waals surface area (Å²) in [5.41, 5.74) is 4.62. The first-order valence-corrected chi connectivity index (χ1v) is 12.1. The molecule has 0 bridgehead atoms. The molecule has 0 spiro atoms. The molecule has 0 fully saturated rings. The van der Waals surface area contributed by atoms with E-state index in [4.69, 9.17) is 16.3 Å². The monoisotopic (exact) mass is 507 g/mol. The number of hydrazone groups is 1. The minimum absolute atomic E-state index is 0.0634. The molecule has 1 aromatic heterocycles. The number of phenolic OH excluding ortho intramolecular Hbond substituents is 1. The maximum Gasteiger partial charge on any atom is 0.250 e. The van der Waals surface area contributed by atoms with Crippen molar-refractivity contribution < 1.29 is 14.6 Å². The molecule has 1 amide bonds. The third-order valence-corrected chi connectivity index (χ3v) is 5.98. The fourth-order valence-corrected chi connectivity index (χ4v) is 4.04. The molecule has 35 heavy (non-hydrogen) atoms. The Bertz CT molecular complexity index is 1320. The van der Waals surface area contributed by atoms with Crippen LogP contribution in [0.5, 0.6) is 11.5 Å². The minimum Gasteiger partial charge on any atom is -0.507 e. The Morgan fingerprint density at radius 2 is 1.86 bits per heavy atom. The molecule has 178 valence electrons. The second kappa shape index (κ2) is 11.5. The van der Waals surface area contributed by atoms with E-state index in [-0.39, 0.29) is 17.4 Å². The van der Waals surface area contributed by atoms with Crippen molar-refractivity contribution in [3.8, 4) is 28.6 Å². The first-order valence-electron chi connectivity index (χ1n) is 10.7. The van der Waals surface area contributed by atoms with Crippen LogP contribution in [-0.2, 0) is 4.79 Å². The normalized spacial score (nSPS) is 11.0. The Hall–Kier alpha value is -3.82. The maximum absolute atomic E-state index is 12.4. The molecule has 1 heterocycles. The molecule has 0 unspecified atom stereocenters. The van der Waals surface area contributed by atoms with Gasteiger partial charge in [0, 0.05) is 21.8 Å². The van der Waals surface area contributed by atoms with E-state index >= 15 is 0 Å². The number of para-hydroxylation sites is 1. The number of carbonyl (C=O) groups excluding carboxylic acids is 1. The number of ether oxygens (including phenoxy) is 1. The van der Waals surface area contributed by atoms with E-state index in [0.29, 0.717) is 28.2 Å². The summed E-state index contributed by atoms with van der Waals surface area (Å²) >= 11 is 7.28. The molecule has 4 rings (SSSR count). The van der Waals surface area contributed by atoms with Crippen molar-refractivity contribution in [2.75, 3.05) is 12.4 Å². The zero-order chi connectivity index (χ0) is 24.6. The van der Waals surface area contributed by atoms with Gasteiger partial charge in [0.25, 0.3) is 5.91 Å². The molecular weight excluding hydrogens is 486 g/mol. The van der Waals surface area contributed by atoms with E-state index in [1.807, 2.05) is 47.9 Å². The van der Waals surface area contributed by atoms with Crippen LogP contribution < -0.4 is 10.2 Å². The van der Waals surface area contributed by atoms with E-state index in [9.17, 15) is 9.90 Å². The number of benzene rings is 3. The van der Waals surface area contributed by atoms with Gasteiger partial charge in [-0.25, -0.2) is 5.43 Å². The van der Waals surface area contributed by atoms with Crippen molar-refractivity contribution in [2.24, 2.45) is 5.10 Å². The SMILES string of the molecule is CCOc1ccc(-n2c(SCC(=O)NN=Cc3ccccc3O)nnc2-c2ccc(Cl)cc2)cc1. The Morgan fingerprint density at radius 1 is 1.11 bits per heavy atom. The van der Waals surface area contributed by atoms with Crippen LogP contribution in [0.4, 0.5) is 0 Å². The summed E-state index contributed by atoms with van der Waals surface area (Å²) in [6, 6.07) is 21.6. The Labute approximate surface area is 211 Å². The van der Waals surface area contributed by atoms with E-state index in [2.05, 4.69) is 20.7 Å². The summed E-state index contributed by atoms with van der Waals surface area (Å²) in [5.74, 6) is 1.20. The molecule has 0 aliphatic rings. The highest BCUT2D eigenvalue weighted by molar-refractivity contribution is 7.99. The second-order valence-electron chi connectivity index (χ2n) is 7.22. The standard InChI is InChI=1S/C25H22ClN5O3S/c1-2-34-21-13-11-20(12-14-21)31-24(17-7-9-19(26)10-8-17)29-30-25(31)35-16-23(33)28-27-15-18-5-3-4-6-22(18)32/h3-15,32H,2,16H2,1H3,(H,28,33). The van der Waals surface area contributed by atoms with Gasteiger partial charge in [-0.05, 0) is 67.6 Å². The fraction of sp³-hybridized carbons (Fsp3) is 0.120. The van der Waals surface area contributed by atoms with Crippen LogP contribution in [0.15, 0.2) is 83.1 Å². The number of nitrogens with one attached hydrogen (secondary N) is 1. The molecule has 0 atom stereocenters. The summed E-state index contributed by atoms with van der Waals surface area (Å²) < 4.78 is 7.43. The van der Waals surface area contributed by atoms with Crippen molar-refractivity contribution in [1.29, 1.82) is 0 Å². The summed E-state index contributed by atoms with van der Waals surface area (Å²) in [7, 11) is 0. The number of halogens is 1. The summed E-state index contributed by atoms with van der Waals surface area (Å²) in [6.45, 7) is 2.50. The number of aromatic hydroxyl groups is 1. The number of aromatic nitrogens is 3. The Balaban J connectivity index is 1.53. The van der Waals surface area contributed by atoms with Crippen LogP contribution in [0, 0.1) is 0 Å². The molecule has 2 N–H and O–H groups in total. The van der Waals surface area contributed by atoms with E-state index in [0.717, 1.165) is 17.0 Å². The molecule has 0 saturated carbocycles. The smallest absolute Gasteiger partial charge is 0.250 e. The van der Waals surface area contributed by atoms with Crippen molar-refractivity contribution in [3.63, 3.8) is 0 Å². The third kappa shape index (κ3) is 6.20. The summed E-state index contributed by atoms with van der Waals surface area (Å²) in [6.07, 6.45) is 1.39. The van der Waals surface area contributed by atoms with Gasteiger partial charge >= 0.3 is 0 Å². The number of rotatable bonds is 9. The predicted octanol–water partition coefficient (Wildman–Crippen LogP) is 4.93. The molecule has 3 aromatic carbocycles. The van der Waals surface area contributed by atoms with Crippen LogP contribution in [0.3, 0.4) is 0 Å².